The first-order valence-corrected chi connectivity index (χ1v) is 6.04. The zero-order valence-electron chi connectivity index (χ0n) is 11.1. The Kier molecular flexibility index (Phi) is 4.51. The molecule has 0 amide bonds. The third-order valence-electron chi connectivity index (χ3n) is 2.68. The van der Waals surface area contributed by atoms with E-state index in [9.17, 15) is 0 Å². The van der Waals surface area contributed by atoms with Crippen molar-refractivity contribution >= 4 is 23.5 Å². The van der Waals surface area contributed by atoms with Crippen LogP contribution in [-0.4, -0.2) is 35.6 Å². The van der Waals surface area contributed by atoms with Crippen LogP contribution in [0.3, 0.4) is 0 Å². The standard InChI is InChI=1S/C11H20ClN5/c1-6-11(2,3)7-13-9-14-8(12)15-10(16-9)17(4)5/h6-7H2,1-5H3,(H,13,14,15,16). The van der Waals surface area contributed by atoms with E-state index in [0.29, 0.717) is 11.9 Å². The number of aromatic nitrogens is 3. The molecule has 1 aromatic heterocycles. The molecule has 0 fully saturated rings. The van der Waals surface area contributed by atoms with Crippen molar-refractivity contribution in [3.63, 3.8) is 0 Å². The highest BCUT2D eigenvalue weighted by Crippen LogP contribution is 2.20. The minimum Gasteiger partial charge on any atom is -0.354 e. The molecule has 1 rings (SSSR count). The van der Waals surface area contributed by atoms with Crippen molar-refractivity contribution in [1.82, 2.24) is 15.0 Å². The van der Waals surface area contributed by atoms with Gasteiger partial charge in [-0.3, -0.25) is 0 Å². The Labute approximate surface area is 108 Å². The van der Waals surface area contributed by atoms with Gasteiger partial charge in [-0.05, 0) is 23.4 Å². The summed E-state index contributed by atoms with van der Waals surface area (Å²) in [5, 5.41) is 3.41. The SMILES string of the molecule is CCC(C)(C)CNc1nc(Cl)nc(N(C)C)n1. The molecule has 0 saturated heterocycles. The number of nitrogens with one attached hydrogen (secondary N) is 1. The van der Waals surface area contributed by atoms with Gasteiger partial charge in [-0.25, -0.2) is 0 Å². The molecule has 0 aromatic carbocycles. The monoisotopic (exact) mass is 257 g/mol. The van der Waals surface area contributed by atoms with Crippen LogP contribution in [0.25, 0.3) is 0 Å². The van der Waals surface area contributed by atoms with E-state index < -0.39 is 0 Å². The lowest BCUT2D eigenvalue weighted by atomic mass is 9.90. The maximum atomic E-state index is 5.85. The Bertz CT molecular complexity index is 378. The number of halogens is 1. The van der Waals surface area contributed by atoms with Gasteiger partial charge in [0.25, 0.3) is 0 Å². The molecule has 0 aliphatic rings. The lowest BCUT2D eigenvalue weighted by Gasteiger charge is -2.23. The quantitative estimate of drug-likeness (QED) is 0.878. The fraction of sp³-hybridized carbons (Fsp3) is 0.727. The minimum atomic E-state index is 0.206. The van der Waals surface area contributed by atoms with Crippen molar-refractivity contribution in [2.75, 3.05) is 30.9 Å². The summed E-state index contributed by atoms with van der Waals surface area (Å²) in [4.78, 5) is 14.2. The normalized spacial score (nSPS) is 11.4. The van der Waals surface area contributed by atoms with Crippen molar-refractivity contribution in [3.05, 3.63) is 5.28 Å². The van der Waals surface area contributed by atoms with E-state index in [1.807, 2.05) is 14.1 Å². The predicted octanol–water partition coefficient (Wildman–Crippen LogP) is 2.44. The van der Waals surface area contributed by atoms with Gasteiger partial charge in [-0.1, -0.05) is 20.8 Å². The van der Waals surface area contributed by atoms with E-state index in [0.717, 1.165) is 13.0 Å². The zero-order chi connectivity index (χ0) is 13.1. The van der Waals surface area contributed by atoms with Crippen LogP contribution >= 0.6 is 11.6 Å². The summed E-state index contributed by atoms with van der Waals surface area (Å²) in [5.74, 6) is 1.08. The molecule has 0 unspecified atom stereocenters. The van der Waals surface area contributed by atoms with Crippen LogP contribution in [0.2, 0.25) is 5.28 Å². The zero-order valence-corrected chi connectivity index (χ0v) is 11.8. The van der Waals surface area contributed by atoms with Crippen molar-refractivity contribution in [3.8, 4) is 0 Å². The maximum absolute atomic E-state index is 5.85. The molecule has 0 saturated carbocycles. The molecule has 1 N–H and O–H groups in total. The average molecular weight is 258 g/mol. The molecule has 96 valence electrons. The number of rotatable bonds is 5. The highest BCUT2D eigenvalue weighted by Gasteiger charge is 2.15. The number of hydrogen-bond donors (Lipinski definition) is 1. The molecule has 0 aliphatic carbocycles. The van der Waals surface area contributed by atoms with Crippen molar-refractivity contribution < 1.29 is 0 Å². The largest absolute Gasteiger partial charge is 0.354 e. The molecule has 17 heavy (non-hydrogen) atoms. The number of nitrogens with zero attached hydrogens (tertiary/aromatic N) is 4. The highest BCUT2D eigenvalue weighted by atomic mass is 35.5. The summed E-state index contributed by atoms with van der Waals surface area (Å²) >= 11 is 5.85. The van der Waals surface area contributed by atoms with Crippen molar-refractivity contribution in [1.29, 1.82) is 0 Å². The van der Waals surface area contributed by atoms with Gasteiger partial charge < -0.3 is 10.2 Å². The molecule has 5 nitrogen and oxygen atoms in total. The summed E-state index contributed by atoms with van der Waals surface area (Å²) in [6.07, 6.45) is 1.08. The van der Waals surface area contributed by atoms with Gasteiger partial charge in [-0.2, -0.15) is 15.0 Å². The first-order valence-electron chi connectivity index (χ1n) is 5.67. The van der Waals surface area contributed by atoms with Crippen molar-refractivity contribution in [2.24, 2.45) is 5.41 Å². The van der Waals surface area contributed by atoms with E-state index in [4.69, 9.17) is 11.6 Å². The predicted molar refractivity (Wildman–Crippen MR) is 71.7 cm³/mol. The second-order valence-electron chi connectivity index (χ2n) is 4.99. The second kappa shape index (κ2) is 5.49. The van der Waals surface area contributed by atoms with Gasteiger partial charge in [-0.15, -0.1) is 0 Å². The van der Waals surface area contributed by atoms with Crippen LogP contribution in [0, 0.1) is 5.41 Å². The molecule has 0 bridgehead atoms. The smallest absolute Gasteiger partial charge is 0.230 e. The third kappa shape index (κ3) is 4.34. The van der Waals surface area contributed by atoms with E-state index in [-0.39, 0.29) is 10.7 Å². The molecule has 1 aromatic rings. The Morgan fingerprint density at radius 3 is 2.41 bits per heavy atom. The maximum Gasteiger partial charge on any atom is 0.230 e. The number of anilines is 2. The summed E-state index contributed by atoms with van der Waals surface area (Å²) in [6.45, 7) is 7.34. The van der Waals surface area contributed by atoms with Crippen LogP contribution < -0.4 is 10.2 Å². The Morgan fingerprint density at radius 1 is 1.24 bits per heavy atom. The van der Waals surface area contributed by atoms with E-state index >= 15 is 0 Å². The molecular formula is C11H20ClN5. The average Bonchev–Trinajstić information content (AvgIpc) is 2.26. The van der Waals surface area contributed by atoms with Gasteiger partial charge in [0.05, 0.1) is 0 Å². The van der Waals surface area contributed by atoms with E-state index in [1.165, 1.54) is 0 Å². The lowest BCUT2D eigenvalue weighted by molar-refractivity contribution is 0.376. The fourth-order valence-corrected chi connectivity index (χ4v) is 1.22. The Hall–Kier alpha value is -1.10. The van der Waals surface area contributed by atoms with Crippen LogP contribution in [-0.2, 0) is 0 Å². The first kappa shape index (κ1) is 14.0. The van der Waals surface area contributed by atoms with Crippen LogP contribution in [0.1, 0.15) is 27.2 Å². The Morgan fingerprint density at radius 2 is 1.88 bits per heavy atom. The summed E-state index contributed by atoms with van der Waals surface area (Å²) < 4.78 is 0. The van der Waals surface area contributed by atoms with Crippen LogP contribution in [0.5, 0.6) is 0 Å². The van der Waals surface area contributed by atoms with E-state index in [1.54, 1.807) is 4.90 Å². The van der Waals surface area contributed by atoms with Gasteiger partial charge in [0.1, 0.15) is 0 Å². The Balaban J connectivity index is 2.78. The highest BCUT2D eigenvalue weighted by molar-refractivity contribution is 6.28. The molecule has 6 heteroatoms. The van der Waals surface area contributed by atoms with Gasteiger partial charge in [0.2, 0.25) is 17.2 Å². The molecule has 1 heterocycles. The molecule has 0 radical (unpaired) electrons. The van der Waals surface area contributed by atoms with Crippen LogP contribution in [0.4, 0.5) is 11.9 Å². The molecule has 0 aliphatic heterocycles. The van der Waals surface area contributed by atoms with Gasteiger partial charge >= 0.3 is 0 Å². The topological polar surface area (TPSA) is 53.9 Å². The third-order valence-corrected chi connectivity index (χ3v) is 2.85. The second-order valence-corrected chi connectivity index (χ2v) is 5.33. The number of hydrogen-bond acceptors (Lipinski definition) is 5. The van der Waals surface area contributed by atoms with Crippen molar-refractivity contribution in [2.45, 2.75) is 27.2 Å². The molecular weight excluding hydrogens is 238 g/mol. The minimum absolute atomic E-state index is 0.206. The van der Waals surface area contributed by atoms with E-state index in [2.05, 4.69) is 41.0 Å². The lowest BCUT2D eigenvalue weighted by Crippen LogP contribution is -2.23. The summed E-state index contributed by atoms with van der Waals surface area (Å²) in [7, 11) is 3.73. The van der Waals surface area contributed by atoms with Gasteiger partial charge in [0.15, 0.2) is 0 Å². The summed E-state index contributed by atoms with van der Waals surface area (Å²) in [5.41, 5.74) is 0.206. The fourth-order valence-electron chi connectivity index (χ4n) is 1.06. The first-order chi connectivity index (χ1) is 7.84. The molecule has 0 atom stereocenters. The molecule has 0 spiro atoms. The summed E-state index contributed by atoms with van der Waals surface area (Å²) in [6, 6.07) is 0. The van der Waals surface area contributed by atoms with Crippen LogP contribution in [0.15, 0.2) is 0 Å². The van der Waals surface area contributed by atoms with Gasteiger partial charge in [0, 0.05) is 20.6 Å².